The predicted molar refractivity (Wildman–Crippen MR) is 73.5 cm³/mol. The molecule has 1 aromatic heterocycles. The second-order valence-electron chi connectivity index (χ2n) is 4.28. The van der Waals surface area contributed by atoms with Gasteiger partial charge in [0, 0.05) is 30.6 Å². The van der Waals surface area contributed by atoms with E-state index in [1.807, 2.05) is 11.8 Å². The summed E-state index contributed by atoms with van der Waals surface area (Å²) in [6, 6.07) is 4.72. The average Bonchev–Trinajstić information content (AvgIpc) is 2.38. The second-order valence-corrected chi connectivity index (χ2v) is 5.43. The maximum absolute atomic E-state index is 4.33. The molecule has 2 heterocycles. The molecule has 0 aliphatic carbocycles. The first-order chi connectivity index (χ1) is 8.31. The van der Waals surface area contributed by atoms with Crippen LogP contribution in [0.3, 0.4) is 0 Å². The Morgan fingerprint density at radius 2 is 2.35 bits per heavy atom. The van der Waals surface area contributed by atoms with Gasteiger partial charge in [-0.1, -0.05) is 6.92 Å². The molecule has 94 valence electrons. The minimum Gasteiger partial charge on any atom is -0.351 e. The highest BCUT2D eigenvalue weighted by molar-refractivity contribution is 7.99. The van der Waals surface area contributed by atoms with Gasteiger partial charge in [0.25, 0.3) is 0 Å². The van der Waals surface area contributed by atoms with Crippen LogP contribution in [-0.2, 0) is 6.54 Å². The highest BCUT2D eigenvalue weighted by Crippen LogP contribution is 2.21. The number of nitrogens with one attached hydrogen (secondary N) is 1. The largest absolute Gasteiger partial charge is 0.351 e. The van der Waals surface area contributed by atoms with Gasteiger partial charge >= 0.3 is 0 Å². The van der Waals surface area contributed by atoms with Crippen LogP contribution in [0.4, 0.5) is 5.82 Å². The lowest BCUT2D eigenvalue weighted by atomic mass is 10.3. The van der Waals surface area contributed by atoms with Crippen LogP contribution in [0.15, 0.2) is 12.1 Å². The average molecular weight is 252 g/mol. The number of rotatable bonds is 4. The SMILES string of the molecule is CCNCc1ccc(N2CCSCC2C)nn1. The van der Waals surface area contributed by atoms with Crippen molar-refractivity contribution in [3.05, 3.63) is 17.8 Å². The van der Waals surface area contributed by atoms with E-state index in [4.69, 9.17) is 0 Å². The molecule has 1 unspecified atom stereocenters. The Labute approximate surface area is 107 Å². The highest BCUT2D eigenvalue weighted by Gasteiger charge is 2.19. The van der Waals surface area contributed by atoms with E-state index in [9.17, 15) is 0 Å². The van der Waals surface area contributed by atoms with Crippen molar-refractivity contribution < 1.29 is 0 Å². The maximum atomic E-state index is 4.33. The van der Waals surface area contributed by atoms with Gasteiger partial charge in [0.1, 0.15) is 0 Å². The third-order valence-electron chi connectivity index (χ3n) is 2.92. The molecule has 5 heteroatoms. The van der Waals surface area contributed by atoms with Crippen LogP contribution < -0.4 is 10.2 Å². The van der Waals surface area contributed by atoms with Crippen molar-refractivity contribution in [2.24, 2.45) is 0 Å². The van der Waals surface area contributed by atoms with Crippen molar-refractivity contribution in [3.63, 3.8) is 0 Å². The monoisotopic (exact) mass is 252 g/mol. The maximum Gasteiger partial charge on any atom is 0.151 e. The zero-order valence-corrected chi connectivity index (χ0v) is 11.3. The molecule has 0 radical (unpaired) electrons. The molecule has 1 aliphatic rings. The van der Waals surface area contributed by atoms with Crippen molar-refractivity contribution in [2.75, 3.05) is 29.5 Å². The van der Waals surface area contributed by atoms with E-state index in [1.54, 1.807) is 0 Å². The molecule has 1 aliphatic heterocycles. The molecule has 1 N–H and O–H groups in total. The zero-order chi connectivity index (χ0) is 12.1. The third kappa shape index (κ3) is 3.33. The topological polar surface area (TPSA) is 41.0 Å². The van der Waals surface area contributed by atoms with Crippen molar-refractivity contribution in [2.45, 2.75) is 26.4 Å². The molecule has 1 atom stereocenters. The van der Waals surface area contributed by atoms with E-state index in [1.165, 1.54) is 11.5 Å². The number of aromatic nitrogens is 2. The van der Waals surface area contributed by atoms with Gasteiger partial charge in [-0.15, -0.1) is 5.10 Å². The van der Waals surface area contributed by atoms with E-state index in [0.717, 1.165) is 31.1 Å². The van der Waals surface area contributed by atoms with E-state index in [-0.39, 0.29) is 0 Å². The van der Waals surface area contributed by atoms with Crippen molar-refractivity contribution in [1.82, 2.24) is 15.5 Å². The number of hydrogen-bond acceptors (Lipinski definition) is 5. The van der Waals surface area contributed by atoms with Crippen LogP contribution >= 0.6 is 11.8 Å². The lowest BCUT2D eigenvalue weighted by Crippen LogP contribution is -2.41. The summed E-state index contributed by atoms with van der Waals surface area (Å²) in [5.41, 5.74) is 1.01. The molecule has 1 fully saturated rings. The van der Waals surface area contributed by atoms with Crippen LogP contribution in [0, 0.1) is 0 Å². The number of hydrogen-bond donors (Lipinski definition) is 1. The van der Waals surface area contributed by atoms with Crippen LogP contribution in [0.1, 0.15) is 19.5 Å². The van der Waals surface area contributed by atoms with E-state index < -0.39 is 0 Å². The number of thioether (sulfide) groups is 1. The summed E-state index contributed by atoms with van der Waals surface area (Å²) in [7, 11) is 0. The molecule has 0 amide bonds. The molecular weight excluding hydrogens is 232 g/mol. The number of anilines is 1. The minimum absolute atomic E-state index is 0.558. The van der Waals surface area contributed by atoms with E-state index in [0.29, 0.717) is 6.04 Å². The van der Waals surface area contributed by atoms with Gasteiger partial charge in [-0.2, -0.15) is 16.9 Å². The first-order valence-corrected chi connectivity index (χ1v) is 7.34. The quantitative estimate of drug-likeness (QED) is 0.880. The van der Waals surface area contributed by atoms with Crippen LogP contribution in [0.2, 0.25) is 0 Å². The zero-order valence-electron chi connectivity index (χ0n) is 10.5. The molecule has 0 spiro atoms. The molecule has 1 aromatic rings. The Bertz CT molecular complexity index is 341. The molecule has 17 heavy (non-hydrogen) atoms. The molecule has 1 saturated heterocycles. The summed E-state index contributed by atoms with van der Waals surface area (Å²) in [5, 5.41) is 11.9. The van der Waals surface area contributed by atoms with Crippen molar-refractivity contribution >= 4 is 17.6 Å². The second kappa shape index (κ2) is 6.21. The molecular formula is C12H20N4S. The fourth-order valence-corrected chi connectivity index (χ4v) is 2.93. The van der Waals surface area contributed by atoms with Crippen LogP contribution in [0.25, 0.3) is 0 Å². The Morgan fingerprint density at radius 1 is 1.47 bits per heavy atom. The van der Waals surface area contributed by atoms with E-state index in [2.05, 4.69) is 46.4 Å². The van der Waals surface area contributed by atoms with Gasteiger partial charge in [-0.3, -0.25) is 0 Å². The van der Waals surface area contributed by atoms with Gasteiger partial charge in [0.05, 0.1) is 5.69 Å². The minimum atomic E-state index is 0.558. The van der Waals surface area contributed by atoms with Gasteiger partial charge in [-0.25, -0.2) is 0 Å². The van der Waals surface area contributed by atoms with E-state index >= 15 is 0 Å². The Kier molecular flexibility index (Phi) is 4.62. The first-order valence-electron chi connectivity index (χ1n) is 6.19. The van der Waals surface area contributed by atoms with Gasteiger partial charge in [0.2, 0.25) is 0 Å². The smallest absolute Gasteiger partial charge is 0.151 e. The lowest BCUT2D eigenvalue weighted by Gasteiger charge is -2.33. The van der Waals surface area contributed by atoms with Crippen LogP contribution in [-0.4, -0.2) is 40.8 Å². The number of nitrogens with zero attached hydrogens (tertiary/aromatic N) is 3. The molecule has 0 aromatic carbocycles. The summed E-state index contributed by atoms with van der Waals surface area (Å²) in [5.74, 6) is 3.38. The molecule has 0 bridgehead atoms. The third-order valence-corrected chi connectivity index (χ3v) is 4.11. The Morgan fingerprint density at radius 3 is 3.00 bits per heavy atom. The molecule has 0 saturated carbocycles. The van der Waals surface area contributed by atoms with Gasteiger partial charge in [0.15, 0.2) is 5.82 Å². The van der Waals surface area contributed by atoms with Crippen molar-refractivity contribution in [1.29, 1.82) is 0 Å². The summed E-state index contributed by atoms with van der Waals surface area (Å²) < 4.78 is 0. The summed E-state index contributed by atoms with van der Waals surface area (Å²) in [6.07, 6.45) is 0. The predicted octanol–water partition coefficient (Wildman–Crippen LogP) is 1.53. The normalized spacial score (nSPS) is 20.6. The van der Waals surface area contributed by atoms with Crippen LogP contribution in [0.5, 0.6) is 0 Å². The molecule has 4 nitrogen and oxygen atoms in total. The Hall–Kier alpha value is -0.810. The summed E-state index contributed by atoms with van der Waals surface area (Å²) >= 11 is 2.02. The standard InChI is InChI=1S/C12H20N4S/c1-3-13-8-11-4-5-12(15-14-11)16-6-7-17-9-10(16)2/h4-5,10,13H,3,6-9H2,1-2H3. The Balaban J connectivity index is 2.01. The summed E-state index contributed by atoms with van der Waals surface area (Å²) in [4.78, 5) is 2.35. The highest BCUT2D eigenvalue weighted by atomic mass is 32.2. The fraction of sp³-hybridized carbons (Fsp3) is 0.667. The fourth-order valence-electron chi connectivity index (χ4n) is 1.92. The first kappa shape index (κ1) is 12.6. The van der Waals surface area contributed by atoms with Gasteiger partial charge in [-0.05, 0) is 25.6 Å². The van der Waals surface area contributed by atoms with Crippen molar-refractivity contribution in [3.8, 4) is 0 Å². The summed E-state index contributed by atoms with van der Waals surface area (Å²) in [6.45, 7) is 7.18. The lowest BCUT2D eigenvalue weighted by molar-refractivity contribution is 0.668. The van der Waals surface area contributed by atoms with Gasteiger partial charge < -0.3 is 10.2 Å². The molecule has 2 rings (SSSR count).